The molecule has 0 saturated carbocycles. The Hall–Kier alpha value is -1.39. The van der Waals surface area contributed by atoms with Gasteiger partial charge in [-0.05, 0) is 58.4 Å². The Balaban J connectivity index is 1.60. The van der Waals surface area contributed by atoms with E-state index in [1.54, 1.807) is 0 Å². The maximum Gasteiger partial charge on any atom is 0.0841 e. The third kappa shape index (κ3) is 3.27. The third-order valence-corrected chi connectivity index (χ3v) is 4.60. The molecule has 2 heterocycles. The van der Waals surface area contributed by atoms with E-state index in [1.165, 1.54) is 42.5 Å². The van der Waals surface area contributed by atoms with E-state index in [0.29, 0.717) is 0 Å². The van der Waals surface area contributed by atoms with Gasteiger partial charge in [-0.15, -0.1) is 0 Å². The van der Waals surface area contributed by atoms with Crippen molar-refractivity contribution < 1.29 is 0 Å². The van der Waals surface area contributed by atoms with Crippen molar-refractivity contribution in [2.45, 2.75) is 32.9 Å². The molecule has 3 rings (SSSR count). The standard InChI is InChI=1S/C17H26N4/c1-3-21-17-7-5-4-6-15(17)16(19-21)13-18-12-14-8-10-20(2)11-9-14/h4-7,14,18H,3,8-13H2,1-2H3. The monoisotopic (exact) mass is 286 g/mol. The highest BCUT2D eigenvalue weighted by Crippen LogP contribution is 2.19. The average Bonchev–Trinajstić information content (AvgIpc) is 2.88. The van der Waals surface area contributed by atoms with Gasteiger partial charge in [0.15, 0.2) is 0 Å². The molecule has 1 aliphatic rings. The summed E-state index contributed by atoms with van der Waals surface area (Å²) in [6, 6.07) is 8.53. The SMILES string of the molecule is CCn1nc(CNCC2CCN(C)CC2)c2ccccc21. The second-order valence-corrected chi connectivity index (χ2v) is 6.16. The number of rotatable bonds is 5. The number of aryl methyl sites for hydroxylation is 1. The molecule has 21 heavy (non-hydrogen) atoms. The van der Waals surface area contributed by atoms with Crippen LogP contribution in [-0.4, -0.2) is 41.4 Å². The Morgan fingerprint density at radius 2 is 2.00 bits per heavy atom. The molecular formula is C17H26N4. The van der Waals surface area contributed by atoms with E-state index in [2.05, 4.69) is 53.1 Å². The van der Waals surface area contributed by atoms with Crippen LogP contribution in [0.3, 0.4) is 0 Å². The third-order valence-electron chi connectivity index (χ3n) is 4.60. The van der Waals surface area contributed by atoms with Gasteiger partial charge in [0, 0.05) is 18.5 Å². The van der Waals surface area contributed by atoms with Crippen LogP contribution in [0.1, 0.15) is 25.5 Å². The summed E-state index contributed by atoms with van der Waals surface area (Å²) in [5, 5.41) is 9.66. The summed E-state index contributed by atoms with van der Waals surface area (Å²) >= 11 is 0. The molecular weight excluding hydrogens is 260 g/mol. The lowest BCUT2D eigenvalue weighted by Crippen LogP contribution is -2.34. The van der Waals surface area contributed by atoms with Crippen LogP contribution in [0.25, 0.3) is 10.9 Å². The van der Waals surface area contributed by atoms with Crippen molar-refractivity contribution in [3.8, 4) is 0 Å². The number of hydrogen-bond acceptors (Lipinski definition) is 3. The fraction of sp³-hybridized carbons (Fsp3) is 0.588. The van der Waals surface area contributed by atoms with Crippen LogP contribution in [0.15, 0.2) is 24.3 Å². The van der Waals surface area contributed by atoms with Crippen molar-refractivity contribution in [2.75, 3.05) is 26.7 Å². The maximum absolute atomic E-state index is 4.75. The number of benzene rings is 1. The van der Waals surface area contributed by atoms with Gasteiger partial charge < -0.3 is 10.2 Å². The number of piperidine rings is 1. The minimum absolute atomic E-state index is 0.820. The molecule has 1 N–H and O–H groups in total. The smallest absolute Gasteiger partial charge is 0.0841 e. The first kappa shape index (κ1) is 14.5. The molecule has 114 valence electrons. The molecule has 1 fully saturated rings. The predicted molar refractivity (Wildman–Crippen MR) is 87.3 cm³/mol. The summed E-state index contributed by atoms with van der Waals surface area (Å²) < 4.78 is 2.10. The van der Waals surface area contributed by atoms with E-state index >= 15 is 0 Å². The van der Waals surface area contributed by atoms with Gasteiger partial charge in [-0.2, -0.15) is 5.10 Å². The van der Waals surface area contributed by atoms with Crippen molar-refractivity contribution in [3.05, 3.63) is 30.0 Å². The van der Waals surface area contributed by atoms with E-state index < -0.39 is 0 Å². The molecule has 1 aromatic carbocycles. The molecule has 0 atom stereocenters. The number of nitrogens with zero attached hydrogens (tertiary/aromatic N) is 3. The zero-order chi connectivity index (χ0) is 14.7. The quantitative estimate of drug-likeness (QED) is 0.916. The van der Waals surface area contributed by atoms with Crippen LogP contribution in [0.4, 0.5) is 0 Å². The van der Waals surface area contributed by atoms with Gasteiger partial charge in [0.1, 0.15) is 0 Å². The Bertz CT molecular complexity index is 581. The molecule has 4 nitrogen and oxygen atoms in total. The Kier molecular flexibility index (Phi) is 4.56. The molecule has 0 aliphatic carbocycles. The highest BCUT2D eigenvalue weighted by molar-refractivity contribution is 5.81. The molecule has 0 unspecified atom stereocenters. The zero-order valence-corrected chi connectivity index (χ0v) is 13.2. The lowest BCUT2D eigenvalue weighted by molar-refractivity contribution is 0.216. The second kappa shape index (κ2) is 6.58. The molecule has 0 amide bonds. The molecule has 2 aromatic rings. The average molecular weight is 286 g/mol. The molecule has 1 aromatic heterocycles. The highest BCUT2D eigenvalue weighted by Gasteiger charge is 2.16. The van der Waals surface area contributed by atoms with Gasteiger partial charge in [-0.25, -0.2) is 0 Å². The summed E-state index contributed by atoms with van der Waals surface area (Å²) in [4.78, 5) is 2.42. The van der Waals surface area contributed by atoms with E-state index in [-0.39, 0.29) is 0 Å². The Labute approximate surface area is 127 Å². The van der Waals surface area contributed by atoms with Gasteiger partial charge in [-0.1, -0.05) is 18.2 Å². The van der Waals surface area contributed by atoms with Crippen molar-refractivity contribution in [1.29, 1.82) is 0 Å². The van der Waals surface area contributed by atoms with Gasteiger partial charge >= 0.3 is 0 Å². The van der Waals surface area contributed by atoms with Gasteiger partial charge in [0.25, 0.3) is 0 Å². The summed E-state index contributed by atoms with van der Waals surface area (Å²) in [6.07, 6.45) is 2.63. The molecule has 4 heteroatoms. The van der Waals surface area contributed by atoms with Crippen LogP contribution >= 0.6 is 0 Å². The minimum Gasteiger partial charge on any atom is -0.311 e. The van der Waals surface area contributed by atoms with E-state index in [1.807, 2.05) is 0 Å². The van der Waals surface area contributed by atoms with Gasteiger partial charge in [0.2, 0.25) is 0 Å². The van der Waals surface area contributed by atoms with E-state index in [4.69, 9.17) is 5.10 Å². The fourth-order valence-corrected chi connectivity index (χ4v) is 3.23. The van der Waals surface area contributed by atoms with Crippen molar-refractivity contribution in [2.24, 2.45) is 5.92 Å². The molecule has 0 spiro atoms. The maximum atomic E-state index is 4.75. The number of hydrogen-bond donors (Lipinski definition) is 1. The first-order valence-electron chi connectivity index (χ1n) is 8.11. The molecule has 1 saturated heterocycles. The van der Waals surface area contributed by atoms with Crippen molar-refractivity contribution in [3.63, 3.8) is 0 Å². The molecule has 0 bridgehead atoms. The number of aromatic nitrogens is 2. The number of likely N-dealkylation sites (tertiary alicyclic amines) is 1. The van der Waals surface area contributed by atoms with Crippen LogP contribution in [0.5, 0.6) is 0 Å². The summed E-state index contributed by atoms with van der Waals surface area (Å²) in [6.45, 7) is 7.53. The van der Waals surface area contributed by atoms with Crippen molar-refractivity contribution >= 4 is 10.9 Å². The van der Waals surface area contributed by atoms with Crippen LogP contribution < -0.4 is 5.32 Å². The van der Waals surface area contributed by atoms with Gasteiger partial charge in [0.05, 0.1) is 11.2 Å². The van der Waals surface area contributed by atoms with Crippen molar-refractivity contribution in [1.82, 2.24) is 20.0 Å². The Morgan fingerprint density at radius 1 is 1.24 bits per heavy atom. The van der Waals surface area contributed by atoms with Gasteiger partial charge in [-0.3, -0.25) is 4.68 Å². The van der Waals surface area contributed by atoms with Crippen LogP contribution in [0, 0.1) is 5.92 Å². The summed E-state index contributed by atoms with van der Waals surface area (Å²) in [5.41, 5.74) is 2.43. The van der Waals surface area contributed by atoms with Crippen LogP contribution in [-0.2, 0) is 13.1 Å². The summed E-state index contributed by atoms with van der Waals surface area (Å²) in [5.74, 6) is 0.820. The van der Waals surface area contributed by atoms with Crippen LogP contribution in [0.2, 0.25) is 0 Å². The topological polar surface area (TPSA) is 33.1 Å². The normalized spacial score (nSPS) is 17.6. The minimum atomic E-state index is 0.820. The molecule has 1 aliphatic heterocycles. The number of fused-ring (bicyclic) bond motifs is 1. The fourth-order valence-electron chi connectivity index (χ4n) is 3.23. The summed E-state index contributed by atoms with van der Waals surface area (Å²) in [7, 11) is 2.22. The predicted octanol–water partition coefficient (Wildman–Crippen LogP) is 2.49. The zero-order valence-electron chi connectivity index (χ0n) is 13.2. The second-order valence-electron chi connectivity index (χ2n) is 6.16. The largest absolute Gasteiger partial charge is 0.311 e. The lowest BCUT2D eigenvalue weighted by Gasteiger charge is -2.28. The Morgan fingerprint density at radius 3 is 2.76 bits per heavy atom. The highest BCUT2D eigenvalue weighted by atomic mass is 15.3. The molecule has 0 radical (unpaired) electrons. The number of nitrogens with one attached hydrogen (secondary N) is 1. The first-order chi connectivity index (χ1) is 10.3. The number of para-hydroxylation sites is 1. The first-order valence-corrected chi connectivity index (χ1v) is 8.11. The van der Waals surface area contributed by atoms with E-state index in [9.17, 15) is 0 Å². The lowest BCUT2D eigenvalue weighted by atomic mass is 9.97. The van der Waals surface area contributed by atoms with E-state index in [0.717, 1.165) is 25.6 Å².